The number of hydrogen-bond donors (Lipinski definition) is 0. The molecule has 9 rings (SSSR count). The van der Waals surface area contributed by atoms with Gasteiger partial charge in [0.1, 0.15) is 0 Å². The predicted molar refractivity (Wildman–Crippen MR) is 170 cm³/mol. The van der Waals surface area contributed by atoms with E-state index in [-0.39, 0.29) is 0 Å². The first-order chi connectivity index (χ1) is 19.3. The number of benzene rings is 6. The van der Waals surface area contributed by atoms with Gasteiger partial charge in [-0.05, 0) is 91.0 Å². The molecule has 0 saturated carbocycles. The largest absolute Gasteiger partial charge is 0.0795 e. The summed E-state index contributed by atoms with van der Waals surface area (Å²) in [7, 11) is 0. The highest BCUT2D eigenvalue weighted by atomic mass is 14.1. The first-order valence-corrected chi connectivity index (χ1v) is 13.9. The molecule has 0 saturated heterocycles. The minimum Gasteiger partial charge on any atom is -0.0795 e. The lowest BCUT2D eigenvalue weighted by Gasteiger charge is -2.03. The Morgan fingerprint density at radius 2 is 0.974 bits per heavy atom. The van der Waals surface area contributed by atoms with Gasteiger partial charge in [0.25, 0.3) is 0 Å². The van der Waals surface area contributed by atoms with Crippen LogP contribution >= 0.6 is 0 Å². The molecule has 3 aliphatic rings. The van der Waals surface area contributed by atoms with E-state index in [2.05, 4.69) is 146 Å². The SMILES string of the molecule is C1=Cc2c(ccc3ccccc23)C1.C1=Cc2cc3ccccc3cc2C1.C1=Cc2ccc3ccccc3c2C1. The molecule has 0 aromatic heterocycles. The topological polar surface area (TPSA) is 0 Å². The maximum Gasteiger partial charge on any atom is -0.00820 e. The van der Waals surface area contributed by atoms with Gasteiger partial charge in [-0.3, -0.25) is 0 Å². The van der Waals surface area contributed by atoms with Crippen molar-refractivity contribution in [2.75, 3.05) is 0 Å². The molecule has 6 aromatic carbocycles. The summed E-state index contributed by atoms with van der Waals surface area (Å²) in [4.78, 5) is 0. The quantitative estimate of drug-likeness (QED) is 0.195. The van der Waals surface area contributed by atoms with Crippen LogP contribution in [0.15, 0.2) is 127 Å². The number of rotatable bonds is 0. The third kappa shape index (κ3) is 4.60. The highest BCUT2D eigenvalue weighted by Crippen LogP contribution is 2.29. The molecule has 0 N–H and O–H groups in total. The lowest BCUT2D eigenvalue weighted by atomic mass is 10.0. The molecule has 6 aromatic rings. The Balaban J connectivity index is 0.0000000974. The summed E-state index contributed by atoms with van der Waals surface area (Å²) in [6, 6.07) is 39.1. The zero-order chi connectivity index (χ0) is 26.0. The fraction of sp³-hybridized carbons (Fsp3) is 0.0769. The Morgan fingerprint density at radius 3 is 1.82 bits per heavy atom. The molecule has 0 aliphatic heterocycles. The molecule has 0 amide bonds. The van der Waals surface area contributed by atoms with Crippen LogP contribution < -0.4 is 0 Å². The van der Waals surface area contributed by atoms with Crippen LogP contribution in [0.1, 0.15) is 33.4 Å². The van der Waals surface area contributed by atoms with Crippen molar-refractivity contribution in [1.29, 1.82) is 0 Å². The summed E-state index contributed by atoms with van der Waals surface area (Å²) in [6.07, 6.45) is 16.6. The summed E-state index contributed by atoms with van der Waals surface area (Å²) in [5, 5.41) is 8.18. The molecule has 0 atom stereocenters. The Morgan fingerprint density at radius 1 is 0.385 bits per heavy atom. The van der Waals surface area contributed by atoms with Crippen LogP contribution in [0, 0.1) is 0 Å². The van der Waals surface area contributed by atoms with Gasteiger partial charge >= 0.3 is 0 Å². The third-order valence-electron chi connectivity index (χ3n) is 8.02. The fourth-order valence-corrected chi connectivity index (χ4v) is 6.01. The van der Waals surface area contributed by atoms with E-state index in [0.717, 1.165) is 19.3 Å². The van der Waals surface area contributed by atoms with E-state index in [4.69, 9.17) is 0 Å². The maximum absolute atomic E-state index is 2.30. The van der Waals surface area contributed by atoms with Crippen molar-refractivity contribution in [2.24, 2.45) is 0 Å². The highest BCUT2D eigenvalue weighted by Gasteiger charge is 2.09. The van der Waals surface area contributed by atoms with Gasteiger partial charge < -0.3 is 0 Å². The van der Waals surface area contributed by atoms with E-state index in [0.29, 0.717) is 0 Å². The summed E-state index contributed by atoms with van der Waals surface area (Å²) >= 11 is 0. The summed E-state index contributed by atoms with van der Waals surface area (Å²) in [6.45, 7) is 0. The predicted octanol–water partition coefficient (Wildman–Crippen LogP) is 10.2. The van der Waals surface area contributed by atoms with Crippen LogP contribution in [0.5, 0.6) is 0 Å². The standard InChI is InChI=1S/3C13H10/c2*1-2-6-12-10(4-1)8-9-11-5-3-7-13(11)12;1-2-5-11-9-13-7-3-6-12(13)8-10(11)4-1/h1-4,6-9H,5H2;2*1-6,8-9H,7H2. The zero-order valence-corrected chi connectivity index (χ0v) is 22.0. The number of fused-ring (bicyclic) bond motifs is 8. The van der Waals surface area contributed by atoms with Crippen LogP contribution in [-0.2, 0) is 19.3 Å². The average molecular weight is 499 g/mol. The molecule has 0 heterocycles. The first-order valence-electron chi connectivity index (χ1n) is 13.9. The van der Waals surface area contributed by atoms with Crippen molar-refractivity contribution < 1.29 is 0 Å². The Kier molecular flexibility index (Phi) is 6.15. The second kappa shape index (κ2) is 10.2. The van der Waals surface area contributed by atoms with Crippen LogP contribution in [-0.4, -0.2) is 0 Å². The molecule has 0 spiro atoms. The minimum atomic E-state index is 1.09. The fourth-order valence-electron chi connectivity index (χ4n) is 6.01. The second-order valence-electron chi connectivity index (χ2n) is 10.4. The molecule has 39 heavy (non-hydrogen) atoms. The van der Waals surface area contributed by atoms with Crippen LogP contribution in [0.2, 0.25) is 0 Å². The molecule has 0 radical (unpaired) electrons. The molecule has 3 aliphatic carbocycles. The Hall–Kier alpha value is -4.68. The van der Waals surface area contributed by atoms with Gasteiger partial charge in [0.05, 0.1) is 0 Å². The van der Waals surface area contributed by atoms with Crippen molar-refractivity contribution >= 4 is 50.5 Å². The molecule has 0 bridgehead atoms. The van der Waals surface area contributed by atoms with Gasteiger partial charge in [-0.15, -0.1) is 0 Å². The molecule has 0 nitrogen and oxygen atoms in total. The van der Waals surface area contributed by atoms with Crippen LogP contribution in [0.4, 0.5) is 0 Å². The molecule has 0 fully saturated rings. The Labute approximate surface area is 230 Å². The summed E-state index contributed by atoms with van der Waals surface area (Å²) in [5.74, 6) is 0. The smallest absolute Gasteiger partial charge is 0.00820 e. The van der Waals surface area contributed by atoms with Crippen molar-refractivity contribution in [3.05, 3.63) is 161 Å². The van der Waals surface area contributed by atoms with E-state index < -0.39 is 0 Å². The summed E-state index contributed by atoms with van der Waals surface area (Å²) < 4.78 is 0. The molecular formula is C39H30. The lowest BCUT2D eigenvalue weighted by Crippen LogP contribution is -1.83. The number of hydrogen-bond acceptors (Lipinski definition) is 0. The van der Waals surface area contributed by atoms with E-state index in [1.54, 1.807) is 0 Å². The molecule has 0 heteroatoms. The monoisotopic (exact) mass is 498 g/mol. The highest BCUT2D eigenvalue weighted by molar-refractivity contribution is 5.93. The van der Waals surface area contributed by atoms with Gasteiger partial charge in [0, 0.05) is 0 Å². The molecule has 0 unspecified atom stereocenters. The van der Waals surface area contributed by atoms with Crippen molar-refractivity contribution in [3.63, 3.8) is 0 Å². The van der Waals surface area contributed by atoms with Crippen molar-refractivity contribution in [3.8, 4) is 0 Å². The van der Waals surface area contributed by atoms with Gasteiger partial charge in [0.2, 0.25) is 0 Å². The molecule has 186 valence electrons. The van der Waals surface area contributed by atoms with Gasteiger partial charge in [-0.1, -0.05) is 140 Å². The number of allylic oxidation sites excluding steroid dienone is 3. The van der Waals surface area contributed by atoms with Crippen molar-refractivity contribution in [1.82, 2.24) is 0 Å². The van der Waals surface area contributed by atoms with Gasteiger partial charge in [-0.25, -0.2) is 0 Å². The summed E-state index contributed by atoms with van der Waals surface area (Å²) in [5.41, 5.74) is 8.59. The van der Waals surface area contributed by atoms with Gasteiger partial charge in [-0.2, -0.15) is 0 Å². The van der Waals surface area contributed by atoms with E-state index in [1.807, 2.05) is 0 Å². The van der Waals surface area contributed by atoms with Crippen LogP contribution in [0.25, 0.3) is 50.5 Å². The van der Waals surface area contributed by atoms with Crippen LogP contribution in [0.3, 0.4) is 0 Å². The normalized spacial score (nSPS) is 13.5. The second-order valence-corrected chi connectivity index (χ2v) is 10.4. The lowest BCUT2D eigenvalue weighted by molar-refractivity contribution is 1.32. The maximum atomic E-state index is 2.30. The van der Waals surface area contributed by atoms with Gasteiger partial charge in [0.15, 0.2) is 0 Å². The molecular weight excluding hydrogens is 468 g/mol. The van der Waals surface area contributed by atoms with E-state index in [9.17, 15) is 0 Å². The van der Waals surface area contributed by atoms with Crippen molar-refractivity contribution in [2.45, 2.75) is 19.3 Å². The minimum absolute atomic E-state index is 1.09. The van der Waals surface area contributed by atoms with E-state index >= 15 is 0 Å². The Bertz CT molecular complexity index is 1920. The third-order valence-corrected chi connectivity index (χ3v) is 8.02. The first kappa shape index (κ1) is 23.4. The van der Waals surface area contributed by atoms with E-state index in [1.165, 1.54) is 65.7 Å². The zero-order valence-electron chi connectivity index (χ0n) is 22.0. The average Bonchev–Trinajstić information content (AvgIpc) is 3.77.